The lowest BCUT2D eigenvalue weighted by Gasteiger charge is -2.20. The van der Waals surface area contributed by atoms with Gasteiger partial charge in [-0.2, -0.15) is 0 Å². The van der Waals surface area contributed by atoms with E-state index in [2.05, 4.69) is 4.98 Å². The fourth-order valence-corrected chi connectivity index (χ4v) is 1.51. The van der Waals surface area contributed by atoms with Crippen LogP contribution in [-0.4, -0.2) is 40.7 Å². The Hall–Kier alpha value is -2.64. The molecule has 0 bridgehead atoms. The number of nitrogens with zero attached hydrogens (tertiary/aromatic N) is 2. The molecular formula is C11H15N5O3. The Kier molecular flexibility index (Phi) is 4.41. The number of nitrogens with two attached hydrogens (primary N) is 3. The Morgan fingerprint density at radius 2 is 1.74 bits per heavy atom. The van der Waals surface area contributed by atoms with Crippen LogP contribution in [0.15, 0.2) is 12.3 Å². The van der Waals surface area contributed by atoms with E-state index in [0.29, 0.717) is 11.4 Å². The molecule has 1 heterocycles. The summed E-state index contributed by atoms with van der Waals surface area (Å²) in [7, 11) is 0. The SMILES string of the molecule is Cc1ncc(N)cc1C(=O)N(CC(N)=O)CC(N)=O. The Balaban J connectivity index is 3.07. The highest BCUT2D eigenvalue weighted by Crippen LogP contribution is 2.12. The molecule has 1 aromatic heterocycles. The molecule has 0 saturated carbocycles. The second-order valence-corrected chi connectivity index (χ2v) is 4.00. The maximum atomic E-state index is 12.2. The van der Waals surface area contributed by atoms with Gasteiger partial charge in [0.1, 0.15) is 13.1 Å². The van der Waals surface area contributed by atoms with Crippen molar-refractivity contribution in [1.82, 2.24) is 9.88 Å². The molecule has 0 radical (unpaired) electrons. The first kappa shape index (κ1) is 14.4. The van der Waals surface area contributed by atoms with Crippen molar-refractivity contribution in [3.8, 4) is 0 Å². The summed E-state index contributed by atoms with van der Waals surface area (Å²) in [6.07, 6.45) is 1.40. The largest absolute Gasteiger partial charge is 0.397 e. The predicted octanol–water partition coefficient (Wildman–Crippen LogP) is -1.61. The van der Waals surface area contributed by atoms with Crippen LogP contribution in [0.25, 0.3) is 0 Å². The Bertz CT molecular complexity index is 513. The number of carbonyl (C=O) groups excluding carboxylic acids is 3. The van der Waals surface area contributed by atoms with Gasteiger partial charge in [-0.15, -0.1) is 0 Å². The highest BCUT2D eigenvalue weighted by atomic mass is 16.2. The zero-order chi connectivity index (χ0) is 14.6. The summed E-state index contributed by atoms with van der Waals surface area (Å²) in [5.41, 5.74) is 16.5. The molecule has 3 amide bonds. The normalized spacial score (nSPS) is 9.95. The fourth-order valence-electron chi connectivity index (χ4n) is 1.51. The summed E-state index contributed by atoms with van der Waals surface area (Å²) in [6.45, 7) is 0.797. The van der Waals surface area contributed by atoms with Gasteiger partial charge in [-0.3, -0.25) is 19.4 Å². The number of carbonyl (C=O) groups is 3. The molecule has 6 N–H and O–H groups in total. The molecule has 102 valence electrons. The standard InChI is InChI=1S/C11H15N5O3/c1-6-8(2-7(12)3-15-6)11(19)16(4-9(13)17)5-10(14)18/h2-3H,4-5,12H2,1H3,(H2,13,17)(H2,14,18). The minimum absolute atomic E-state index is 0.197. The van der Waals surface area contributed by atoms with Crippen LogP contribution in [0.3, 0.4) is 0 Å². The molecule has 1 rings (SSSR count). The lowest BCUT2D eigenvalue weighted by atomic mass is 10.1. The van der Waals surface area contributed by atoms with Gasteiger partial charge < -0.3 is 22.1 Å². The lowest BCUT2D eigenvalue weighted by Crippen LogP contribution is -2.43. The molecule has 1 aromatic rings. The first-order valence-corrected chi connectivity index (χ1v) is 5.39. The van der Waals surface area contributed by atoms with Crippen molar-refractivity contribution in [1.29, 1.82) is 0 Å². The molecule has 8 nitrogen and oxygen atoms in total. The summed E-state index contributed by atoms with van der Waals surface area (Å²) in [5.74, 6) is -2.07. The maximum absolute atomic E-state index is 12.2. The molecule has 0 aliphatic carbocycles. The quantitative estimate of drug-likeness (QED) is 0.586. The average molecular weight is 265 g/mol. The van der Waals surface area contributed by atoms with Crippen LogP contribution in [-0.2, 0) is 9.59 Å². The molecule has 0 fully saturated rings. The van der Waals surface area contributed by atoms with E-state index < -0.39 is 30.8 Å². The third-order valence-corrected chi connectivity index (χ3v) is 2.32. The van der Waals surface area contributed by atoms with Gasteiger partial charge in [0.15, 0.2) is 0 Å². The van der Waals surface area contributed by atoms with E-state index in [4.69, 9.17) is 17.2 Å². The number of anilines is 1. The van der Waals surface area contributed by atoms with E-state index >= 15 is 0 Å². The zero-order valence-electron chi connectivity index (χ0n) is 10.4. The van der Waals surface area contributed by atoms with Gasteiger partial charge in [-0.05, 0) is 13.0 Å². The first-order valence-electron chi connectivity index (χ1n) is 5.39. The van der Waals surface area contributed by atoms with Crippen LogP contribution >= 0.6 is 0 Å². The molecule has 0 aliphatic rings. The second-order valence-electron chi connectivity index (χ2n) is 4.00. The van der Waals surface area contributed by atoms with Crippen LogP contribution in [0.1, 0.15) is 16.1 Å². The monoisotopic (exact) mass is 265 g/mol. The number of rotatable bonds is 5. The number of nitrogen functional groups attached to an aromatic ring is 1. The highest BCUT2D eigenvalue weighted by Gasteiger charge is 2.21. The molecule has 0 aliphatic heterocycles. The third-order valence-electron chi connectivity index (χ3n) is 2.32. The van der Waals surface area contributed by atoms with E-state index in [1.165, 1.54) is 12.3 Å². The number of aromatic nitrogens is 1. The summed E-state index contributed by atoms with van der Waals surface area (Å²) >= 11 is 0. The number of hydrogen-bond donors (Lipinski definition) is 3. The molecular weight excluding hydrogens is 250 g/mol. The topological polar surface area (TPSA) is 145 Å². The first-order chi connectivity index (χ1) is 8.81. The summed E-state index contributed by atoms with van der Waals surface area (Å²) in [4.78, 5) is 38.9. The van der Waals surface area contributed by atoms with E-state index in [9.17, 15) is 14.4 Å². The minimum Gasteiger partial charge on any atom is -0.397 e. The molecule has 0 saturated heterocycles. The number of aryl methyl sites for hydroxylation is 1. The van der Waals surface area contributed by atoms with Crippen molar-refractivity contribution < 1.29 is 14.4 Å². The van der Waals surface area contributed by atoms with Crippen molar-refractivity contribution >= 4 is 23.4 Å². The third kappa shape index (κ3) is 3.95. The van der Waals surface area contributed by atoms with Gasteiger partial charge in [0.2, 0.25) is 11.8 Å². The molecule has 0 atom stereocenters. The second kappa shape index (κ2) is 5.80. The van der Waals surface area contributed by atoms with Crippen molar-refractivity contribution in [2.75, 3.05) is 18.8 Å². The zero-order valence-corrected chi connectivity index (χ0v) is 10.4. The Morgan fingerprint density at radius 3 is 2.21 bits per heavy atom. The Morgan fingerprint density at radius 1 is 1.21 bits per heavy atom. The van der Waals surface area contributed by atoms with Gasteiger partial charge in [0.05, 0.1) is 23.1 Å². The highest BCUT2D eigenvalue weighted by molar-refractivity contribution is 5.99. The van der Waals surface area contributed by atoms with Crippen LogP contribution in [0.2, 0.25) is 0 Å². The van der Waals surface area contributed by atoms with E-state index in [0.717, 1.165) is 4.90 Å². The minimum atomic E-state index is -0.746. The molecule has 0 unspecified atom stereocenters. The van der Waals surface area contributed by atoms with Crippen molar-refractivity contribution in [3.05, 3.63) is 23.5 Å². The number of hydrogen-bond acceptors (Lipinski definition) is 5. The van der Waals surface area contributed by atoms with Gasteiger partial charge in [-0.25, -0.2) is 0 Å². The van der Waals surface area contributed by atoms with Gasteiger partial charge in [0, 0.05) is 0 Å². The number of pyridine rings is 1. The van der Waals surface area contributed by atoms with E-state index in [-0.39, 0.29) is 5.56 Å². The summed E-state index contributed by atoms with van der Waals surface area (Å²) in [6, 6.07) is 1.42. The van der Waals surface area contributed by atoms with Crippen molar-refractivity contribution in [2.45, 2.75) is 6.92 Å². The number of amides is 3. The molecule has 0 spiro atoms. The van der Waals surface area contributed by atoms with Crippen LogP contribution in [0.5, 0.6) is 0 Å². The van der Waals surface area contributed by atoms with Gasteiger partial charge >= 0.3 is 0 Å². The van der Waals surface area contributed by atoms with Gasteiger partial charge in [0.25, 0.3) is 5.91 Å². The summed E-state index contributed by atoms with van der Waals surface area (Å²) in [5, 5.41) is 0. The van der Waals surface area contributed by atoms with E-state index in [1.54, 1.807) is 6.92 Å². The Labute approximate surface area is 109 Å². The van der Waals surface area contributed by atoms with E-state index in [1.807, 2.05) is 0 Å². The van der Waals surface area contributed by atoms with Crippen LogP contribution < -0.4 is 17.2 Å². The lowest BCUT2D eigenvalue weighted by molar-refractivity contribution is -0.121. The van der Waals surface area contributed by atoms with Gasteiger partial charge in [-0.1, -0.05) is 0 Å². The van der Waals surface area contributed by atoms with Crippen LogP contribution in [0.4, 0.5) is 5.69 Å². The summed E-state index contributed by atoms with van der Waals surface area (Å²) < 4.78 is 0. The van der Waals surface area contributed by atoms with Crippen LogP contribution in [0, 0.1) is 6.92 Å². The van der Waals surface area contributed by atoms with Crippen molar-refractivity contribution in [3.63, 3.8) is 0 Å². The molecule has 0 aromatic carbocycles. The maximum Gasteiger partial charge on any atom is 0.256 e. The number of primary amides is 2. The van der Waals surface area contributed by atoms with Crippen molar-refractivity contribution in [2.24, 2.45) is 11.5 Å². The smallest absolute Gasteiger partial charge is 0.256 e. The predicted molar refractivity (Wildman–Crippen MR) is 67.7 cm³/mol. The average Bonchev–Trinajstić information content (AvgIpc) is 2.29. The molecule has 19 heavy (non-hydrogen) atoms. The molecule has 8 heteroatoms. The fraction of sp³-hybridized carbons (Fsp3) is 0.273.